The molecule has 12 heavy (non-hydrogen) atoms. The summed E-state index contributed by atoms with van der Waals surface area (Å²) in [6, 6.07) is 0. The Morgan fingerprint density at radius 2 is 1.58 bits per heavy atom. The molecule has 0 aromatic rings. The third-order valence-electron chi connectivity index (χ3n) is 1.77. The lowest BCUT2D eigenvalue weighted by molar-refractivity contribution is 0.306. The quantitative estimate of drug-likeness (QED) is 0.665. The van der Waals surface area contributed by atoms with E-state index < -0.39 is 10.0 Å². The van der Waals surface area contributed by atoms with Crippen molar-refractivity contribution in [3.63, 3.8) is 0 Å². The van der Waals surface area contributed by atoms with Gasteiger partial charge < -0.3 is 0 Å². The molecule has 0 radical (unpaired) electrons. The number of hydrogen-bond donors (Lipinski definition) is 0. The van der Waals surface area contributed by atoms with E-state index >= 15 is 0 Å². The molecular weight excluding hydrogens is 174 g/mol. The summed E-state index contributed by atoms with van der Waals surface area (Å²) in [5.41, 5.74) is 0. The van der Waals surface area contributed by atoms with E-state index in [1.807, 2.05) is 13.8 Å². The van der Waals surface area contributed by atoms with Gasteiger partial charge in [0, 0.05) is 13.1 Å². The molecule has 1 aliphatic rings. The van der Waals surface area contributed by atoms with Gasteiger partial charge in [0.25, 0.3) is 0 Å². The molecule has 1 rings (SSSR count). The zero-order valence-electron chi connectivity index (χ0n) is 8.37. The van der Waals surface area contributed by atoms with Gasteiger partial charge in [0.1, 0.15) is 0 Å². The summed E-state index contributed by atoms with van der Waals surface area (Å²) in [6.07, 6.45) is 1.02. The van der Waals surface area contributed by atoms with Crippen molar-refractivity contribution in [2.24, 2.45) is 0 Å². The SMILES string of the molecule is CC.CC(C)S(=O)(=O)N1CCC1. The highest BCUT2D eigenvalue weighted by Crippen LogP contribution is 2.15. The number of rotatable bonds is 2. The summed E-state index contributed by atoms with van der Waals surface area (Å²) in [6.45, 7) is 8.88. The average Bonchev–Trinajstić information content (AvgIpc) is 1.87. The van der Waals surface area contributed by atoms with E-state index in [-0.39, 0.29) is 5.25 Å². The van der Waals surface area contributed by atoms with Gasteiger partial charge in [0.2, 0.25) is 10.0 Å². The molecular formula is C8H19NO2S. The zero-order valence-corrected chi connectivity index (χ0v) is 9.19. The second-order valence-corrected chi connectivity index (χ2v) is 5.34. The van der Waals surface area contributed by atoms with Gasteiger partial charge in [-0.1, -0.05) is 13.8 Å². The first-order valence-electron chi connectivity index (χ1n) is 4.54. The van der Waals surface area contributed by atoms with E-state index in [1.165, 1.54) is 4.31 Å². The first kappa shape index (κ1) is 11.9. The van der Waals surface area contributed by atoms with E-state index in [0.717, 1.165) is 19.5 Å². The Balaban J connectivity index is 0.000000561. The van der Waals surface area contributed by atoms with Crippen LogP contribution in [-0.2, 0) is 10.0 Å². The van der Waals surface area contributed by atoms with Crippen LogP contribution in [0.3, 0.4) is 0 Å². The molecule has 0 atom stereocenters. The molecule has 0 bridgehead atoms. The lowest BCUT2D eigenvalue weighted by Gasteiger charge is -2.31. The highest BCUT2D eigenvalue weighted by atomic mass is 32.2. The third kappa shape index (κ3) is 2.45. The lowest BCUT2D eigenvalue weighted by atomic mass is 10.3. The highest BCUT2D eigenvalue weighted by Gasteiger charge is 2.29. The maximum atomic E-state index is 11.2. The molecule has 0 aromatic heterocycles. The molecule has 1 fully saturated rings. The highest BCUT2D eigenvalue weighted by molar-refractivity contribution is 7.89. The average molecular weight is 193 g/mol. The summed E-state index contributed by atoms with van der Waals surface area (Å²) >= 11 is 0. The normalized spacial score (nSPS) is 18.1. The Hall–Kier alpha value is -0.0900. The van der Waals surface area contributed by atoms with E-state index in [2.05, 4.69) is 0 Å². The molecule has 0 aliphatic carbocycles. The van der Waals surface area contributed by atoms with Gasteiger partial charge in [-0.2, -0.15) is 0 Å². The molecule has 0 aromatic carbocycles. The monoisotopic (exact) mass is 193 g/mol. The van der Waals surface area contributed by atoms with Crippen LogP contribution in [0.25, 0.3) is 0 Å². The van der Waals surface area contributed by atoms with Crippen LogP contribution >= 0.6 is 0 Å². The maximum absolute atomic E-state index is 11.2. The van der Waals surface area contributed by atoms with Crippen molar-refractivity contribution in [3.8, 4) is 0 Å². The van der Waals surface area contributed by atoms with Gasteiger partial charge in [-0.3, -0.25) is 0 Å². The van der Waals surface area contributed by atoms with Gasteiger partial charge in [0.05, 0.1) is 5.25 Å². The van der Waals surface area contributed by atoms with Gasteiger partial charge in [0.15, 0.2) is 0 Å². The van der Waals surface area contributed by atoms with Crippen LogP contribution in [0.15, 0.2) is 0 Å². The van der Waals surface area contributed by atoms with Gasteiger partial charge in [-0.05, 0) is 20.3 Å². The molecule has 0 spiro atoms. The molecule has 1 aliphatic heterocycles. The molecule has 0 saturated carbocycles. The molecule has 1 heterocycles. The van der Waals surface area contributed by atoms with Gasteiger partial charge in [-0.15, -0.1) is 0 Å². The standard InChI is InChI=1S/C6H13NO2S.C2H6/c1-6(2)10(8,9)7-4-3-5-7;1-2/h6H,3-5H2,1-2H3;1-2H3. The predicted octanol–water partition coefficient (Wildman–Crippen LogP) is 1.46. The van der Waals surface area contributed by atoms with Crippen molar-refractivity contribution in [1.82, 2.24) is 4.31 Å². The minimum Gasteiger partial charge on any atom is -0.212 e. The Bertz CT molecular complexity index is 205. The van der Waals surface area contributed by atoms with Crippen LogP contribution in [0, 0.1) is 0 Å². The molecule has 3 nitrogen and oxygen atoms in total. The first-order valence-corrected chi connectivity index (χ1v) is 6.04. The topological polar surface area (TPSA) is 37.4 Å². The Labute approximate surface area is 75.8 Å². The lowest BCUT2D eigenvalue weighted by Crippen LogP contribution is -2.45. The van der Waals surface area contributed by atoms with Gasteiger partial charge >= 0.3 is 0 Å². The van der Waals surface area contributed by atoms with Crippen molar-refractivity contribution < 1.29 is 8.42 Å². The van der Waals surface area contributed by atoms with Crippen LogP contribution in [-0.4, -0.2) is 31.1 Å². The summed E-state index contributed by atoms with van der Waals surface area (Å²) in [4.78, 5) is 0. The summed E-state index contributed by atoms with van der Waals surface area (Å²) in [5, 5.41) is -0.257. The van der Waals surface area contributed by atoms with Crippen LogP contribution < -0.4 is 0 Å². The fourth-order valence-corrected chi connectivity index (χ4v) is 2.20. The van der Waals surface area contributed by atoms with Crippen LogP contribution in [0.5, 0.6) is 0 Å². The molecule has 1 saturated heterocycles. The van der Waals surface area contributed by atoms with Gasteiger partial charge in [-0.25, -0.2) is 12.7 Å². The number of sulfonamides is 1. The number of nitrogens with zero attached hydrogens (tertiary/aromatic N) is 1. The van der Waals surface area contributed by atoms with Crippen molar-refractivity contribution in [2.45, 2.75) is 39.4 Å². The smallest absolute Gasteiger partial charge is 0.212 e. The van der Waals surface area contributed by atoms with Crippen LogP contribution in [0.4, 0.5) is 0 Å². The second-order valence-electron chi connectivity index (χ2n) is 2.85. The first-order chi connectivity index (χ1) is 5.55. The third-order valence-corrected chi connectivity index (χ3v) is 4.05. The van der Waals surface area contributed by atoms with E-state index in [9.17, 15) is 8.42 Å². The largest absolute Gasteiger partial charge is 0.216 e. The molecule has 74 valence electrons. The van der Waals surface area contributed by atoms with E-state index in [4.69, 9.17) is 0 Å². The Kier molecular flexibility index (Phi) is 4.78. The predicted molar refractivity (Wildman–Crippen MR) is 51.6 cm³/mol. The Morgan fingerprint density at radius 3 is 1.67 bits per heavy atom. The zero-order chi connectivity index (χ0) is 9.78. The van der Waals surface area contributed by atoms with Crippen LogP contribution in [0.1, 0.15) is 34.1 Å². The van der Waals surface area contributed by atoms with E-state index in [0.29, 0.717) is 0 Å². The molecule has 0 N–H and O–H groups in total. The maximum Gasteiger partial charge on any atom is 0.216 e. The fraction of sp³-hybridized carbons (Fsp3) is 1.00. The minimum absolute atomic E-state index is 0.257. The van der Waals surface area contributed by atoms with Crippen molar-refractivity contribution >= 4 is 10.0 Å². The van der Waals surface area contributed by atoms with E-state index in [1.54, 1.807) is 13.8 Å². The second kappa shape index (κ2) is 4.82. The summed E-state index contributed by atoms with van der Waals surface area (Å²) in [5.74, 6) is 0. The molecule has 4 heteroatoms. The fourth-order valence-electron chi connectivity index (χ4n) is 0.840. The molecule has 0 unspecified atom stereocenters. The summed E-state index contributed by atoms with van der Waals surface area (Å²) < 4.78 is 24.0. The summed E-state index contributed by atoms with van der Waals surface area (Å²) in [7, 11) is -2.91. The van der Waals surface area contributed by atoms with Crippen molar-refractivity contribution in [2.75, 3.05) is 13.1 Å². The van der Waals surface area contributed by atoms with Crippen molar-refractivity contribution in [3.05, 3.63) is 0 Å². The molecule has 0 amide bonds. The minimum atomic E-state index is -2.91. The number of hydrogen-bond acceptors (Lipinski definition) is 2. The van der Waals surface area contributed by atoms with Crippen LogP contribution in [0.2, 0.25) is 0 Å². The van der Waals surface area contributed by atoms with Crippen molar-refractivity contribution in [1.29, 1.82) is 0 Å². The Morgan fingerprint density at radius 1 is 1.17 bits per heavy atom.